The third-order valence-electron chi connectivity index (χ3n) is 3.92. The van der Waals surface area contributed by atoms with Gasteiger partial charge in [-0.1, -0.05) is 24.3 Å². The summed E-state index contributed by atoms with van der Waals surface area (Å²) in [6, 6.07) is 13.2. The number of para-hydroxylation sites is 3. The smallest absolute Gasteiger partial charge is 0.340 e. The Kier molecular flexibility index (Phi) is 5.17. The third kappa shape index (κ3) is 3.83. The Labute approximate surface area is 150 Å². The molecule has 0 spiro atoms. The van der Waals surface area contributed by atoms with Gasteiger partial charge in [0.1, 0.15) is 6.04 Å². The minimum Gasteiger partial charge on any atom is -0.462 e. The summed E-state index contributed by atoms with van der Waals surface area (Å²) in [6.07, 6.45) is -0.0721. The number of ether oxygens (including phenoxy) is 1. The molecule has 0 aromatic heterocycles. The van der Waals surface area contributed by atoms with E-state index in [0.717, 1.165) is 5.69 Å². The van der Waals surface area contributed by atoms with Gasteiger partial charge in [-0.3, -0.25) is 9.59 Å². The summed E-state index contributed by atoms with van der Waals surface area (Å²) in [4.78, 5) is 36.5. The van der Waals surface area contributed by atoms with Gasteiger partial charge in [0.15, 0.2) is 0 Å². The van der Waals surface area contributed by atoms with Gasteiger partial charge in [0.25, 0.3) is 0 Å². The minimum atomic E-state index is -0.695. The molecule has 134 valence electrons. The van der Waals surface area contributed by atoms with Crippen LogP contribution in [0.5, 0.6) is 0 Å². The highest BCUT2D eigenvalue weighted by Crippen LogP contribution is 2.27. The molecule has 0 aliphatic carbocycles. The fourth-order valence-electron chi connectivity index (χ4n) is 2.70. The van der Waals surface area contributed by atoms with E-state index in [4.69, 9.17) is 4.74 Å². The van der Waals surface area contributed by atoms with E-state index in [1.165, 1.54) is 0 Å². The van der Waals surface area contributed by atoms with Crippen molar-refractivity contribution in [2.45, 2.75) is 19.4 Å². The average molecular weight is 353 g/mol. The Morgan fingerprint density at radius 1 is 1.08 bits per heavy atom. The van der Waals surface area contributed by atoms with E-state index in [-0.39, 0.29) is 30.4 Å². The van der Waals surface area contributed by atoms with Crippen LogP contribution in [0.2, 0.25) is 0 Å². The number of hydrogen-bond donors (Lipinski definition) is 3. The van der Waals surface area contributed by atoms with E-state index in [0.29, 0.717) is 11.4 Å². The predicted molar refractivity (Wildman–Crippen MR) is 98.1 cm³/mol. The second-order valence-electron chi connectivity index (χ2n) is 5.75. The van der Waals surface area contributed by atoms with Gasteiger partial charge < -0.3 is 20.7 Å². The fraction of sp³-hybridized carbons (Fsp3) is 0.211. The quantitative estimate of drug-likeness (QED) is 0.718. The summed E-state index contributed by atoms with van der Waals surface area (Å²) in [5.41, 5.74) is 2.07. The highest BCUT2D eigenvalue weighted by Gasteiger charge is 2.27. The zero-order valence-corrected chi connectivity index (χ0v) is 14.2. The highest BCUT2D eigenvalue weighted by atomic mass is 16.5. The summed E-state index contributed by atoms with van der Waals surface area (Å²) in [6.45, 7) is 1.96. The van der Waals surface area contributed by atoms with Gasteiger partial charge in [-0.05, 0) is 31.2 Å². The van der Waals surface area contributed by atoms with Crippen molar-refractivity contribution in [3.63, 3.8) is 0 Å². The van der Waals surface area contributed by atoms with Crippen LogP contribution in [-0.4, -0.2) is 30.4 Å². The first kappa shape index (κ1) is 17.5. The molecule has 1 aliphatic rings. The van der Waals surface area contributed by atoms with Gasteiger partial charge in [0, 0.05) is 0 Å². The Bertz CT molecular complexity index is 850. The van der Waals surface area contributed by atoms with Gasteiger partial charge in [0.05, 0.1) is 35.7 Å². The number of amides is 2. The van der Waals surface area contributed by atoms with E-state index < -0.39 is 12.0 Å². The number of nitrogens with one attached hydrogen (secondary N) is 3. The molecule has 3 N–H and O–H groups in total. The molecule has 0 saturated heterocycles. The SMILES string of the molecule is CCOC(=O)c1ccccc1NC(=O)C[C@H]1Nc2ccccc2NC1=O. The predicted octanol–water partition coefficient (Wildman–Crippen LogP) is 2.62. The van der Waals surface area contributed by atoms with Crippen LogP contribution >= 0.6 is 0 Å². The topological polar surface area (TPSA) is 96.5 Å². The summed E-state index contributed by atoms with van der Waals surface area (Å²) >= 11 is 0. The lowest BCUT2D eigenvalue weighted by Gasteiger charge is -2.26. The van der Waals surface area contributed by atoms with Crippen LogP contribution < -0.4 is 16.0 Å². The molecule has 2 aromatic carbocycles. The highest BCUT2D eigenvalue weighted by molar-refractivity contribution is 6.07. The van der Waals surface area contributed by atoms with Crippen molar-refractivity contribution < 1.29 is 19.1 Å². The number of anilines is 3. The molecule has 1 atom stereocenters. The number of esters is 1. The van der Waals surface area contributed by atoms with Crippen molar-refractivity contribution in [2.75, 3.05) is 22.6 Å². The first-order chi connectivity index (χ1) is 12.6. The van der Waals surface area contributed by atoms with Crippen LogP contribution in [0, 0.1) is 0 Å². The van der Waals surface area contributed by atoms with Gasteiger partial charge in [-0.25, -0.2) is 4.79 Å². The molecule has 7 heteroatoms. The van der Waals surface area contributed by atoms with E-state index in [9.17, 15) is 14.4 Å². The molecule has 1 aliphatic heterocycles. The summed E-state index contributed by atoms with van der Waals surface area (Å²) in [5.74, 6) is -1.17. The molecular formula is C19H19N3O4. The number of benzene rings is 2. The van der Waals surface area contributed by atoms with Crippen molar-refractivity contribution in [1.29, 1.82) is 0 Å². The van der Waals surface area contributed by atoms with Crippen molar-refractivity contribution in [3.8, 4) is 0 Å². The molecule has 2 aromatic rings. The number of carbonyl (C=O) groups excluding carboxylic acids is 3. The van der Waals surface area contributed by atoms with Crippen LogP contribution in [0.4, 0.5) is 17.1 Å². The number of hydrogen-bond acceptors (Lipinski definition) is 5. The fourth-order valence-corrected chi connectivity index (χ4v) is 2.70. The molecule has 1 heterocycles. The first-order valence-electron chi connectivity index (χ1n) is 8.31. The molecular weight excluding hydrogens is 334 g/mol. The Morgan fingerprint density at radius 2 is 1.77 bits per heavy atom. The summed E-state index contributed by atoms with van der Waals surface area (Å²) < 4.78 is 4.99. The Morgan fingerprint density at radius 3 is 2.54 bits per heavy atom. The molecule has 0 radical (unpaired) electrons. The largest absolute Gasteiger partial charge is 0.462 e. The number of rotatable bonds is 5. The van der Waals surface area contributed by atoms with Crippen molar-refractivity contribution in [3.05, 3.63) is 54.1 Å². The lowest BCUT2D eigenvalue weighted by Crippen LogP contribution is -2.41. The van der Waals surface area contributed by atoms with E-state index >= 15 is 0 Å². The average Bonchev–Trinajstić information content (AvgIpc) is 2.63. The Balaban J connectivity index is 1.69. The molecule has 0 bridgehead atoms. The van der Waals surface area contributed by atoms with Crippen LogP contribution in [0.25, 0.3) is 0 Å². The second kappa shape index (κ2) is 7.69. The lowest BCUT2D eigenvalue weighted by atomic mass is 10.1. The summed E-state index contributed by atoms with van der Waals surface area (Å²) in [7, 11) is 0. The van der Waals surface area contributed by atoms with Crippen molar-refractivity contribution in [1.82, 2.24) is 0 Å². The second-order valence-corrected chi connectivity index (χ2v) is 5.75. The maximum Gasteiger partial charge on any atom is 0.340 e. The molecule has 3 rings (SSSR count). The van der Waals surface area contributed by atoms with Crippen molar-refractivity contribution >= 4 is 34.8 Å². The molecule has 0 unspecified atom stereocenters. The minimum absolute atomic E-state index is 0.0721. The Hall–Kier alpha value is -3.35. The molecule has 0 fully saturated rings. The zero-order chi connectivity index (χ0) is 18.5. The van der Waals surface area contributed by atoms with Crippen LogP contribution in [0.15, 0.2) is 48.5 Å². The van der Waals surface area contributed by atoms with E-state index in [1.54, 1.807) is 37.3 Å². The van der Waals surface area contributed by atoms with Crippen LogP contribution in [0.3, 0.4) is 0 Å². The number of fused-ring (bicyclic) bond motifs is 1. The first-order valence-corrected chi connectivity index (χ1v) is 8.31. The standard InChI is InChI=1S/C19H19N3O4/c1-2-26-19(25)12-7-3-4-8-13(12)21-17(23)11-16-18(24)22-15-10-6-5-9-14(15)20-16/h3-10,16,20H,2,11H2,1H3,(H,21,23)(H,22,24)/t16-/m1/s1. The molecule has 0 saturated carbocycles. The monoisotopic (exact) mass is 353 g/mol. The van der Waals surface area contributed by atoms with E-state index in [1.807, 2.05) is 18.2 Å². The zero-order valence-electron chi connectivity index (χ0n) is 14.2. The van der Waals surface area contributed by atoms with Gasteiger partial charge >= 0.3 is 5.97 Å². The van der Waals surface area contributed by atoms with Gasteiger partial charge in [0.2, 0.25) is 11.8 Å². The normalized spacial score (nSPS) is 15.3. The van der Waals surface area contributed by atoms with Crippen LogP contribution in [-0.2, 0) is 14.3 Å². The third-order valence-corrected chi connectivity index (χ3v) is 3.92. The molecule has 26 heavy (non-hydrogen) atoms. The lowest BCUT2D eigenvalue weighted by molar-refractivity contribution is -0.122. The summed E-state index contributed by atoms with van der Waals surface area (Å²) in [5, 5.41) is 8.51. The molecule has 7 nitrogen and oxygen atoms in total. The van der Waals surface area contributed by atoms with Gasteiger partial charge in [-0.2, -0.15) is 0 Å². The van der Waals surface area contributed by atoms with Crippen molar-refractivity contribution in [2.24, 2.45) is 0 Å². The number of carbonyl (C=O) groups is 3. The maximum atomic E-state index is 12.4. The van der Waals surface area contributed by atoms with Crippen LogP contribution in [0.1, 0.15) is 23.7 Å². The van der Waals surface area contributed by atoms with Gasteiger partial charge in [-0.15, -0.1) is 0 Å². The maximum absolute atomic E-state index is 12.4. The molecule has 2 amide bonds. The van der Waals surface area contributed by atoms with E-state index in [2.05, 4.69) is 16.0 Å².